The molecular weight excluding hydrogens is 455 g/mol. The zero-order chi connectivity index (χ0) is 26.2. The average molecular weight is 491 g/mol. The number of Topliss-reactive ketones (excluding diaryl/α,β-unsaturated/α-hetero) is 1. The van der Waals surface area contributed by atoms with Gasteiger partial charge >= 0.3 is 0 Å². The van der Waals surface area contributed by atoms with Crippen LogP contribution >= 0.6 is 0 Å². The molecular formula is C29H35FN4O2. The fourth-order valence-corrected chi connectivity index (χ4v) is 4.16. The molecule has 2 aromatic rings. The zero-order valence-electron chi connectivity index (χ0n) is 21.7. The number of carbonyl (C=O) groups excluding carboxylic acids is 1. The van der Waals surface area contributed by atoms with Crippen LogP contribution in [0.1, 0.15) is 57.2 Å². The summed E-state index contributed by atoms with van der Waals surface area (Å²) in [5.74, 6) is 0.985. The third-order valence-electron chi connectivity index (χ3n) is 6.67. The van der Waals surface area contributed by atoms with Crippen LogP contribution in [0, 0.1) is 29.0 Å². The molecule has 1 heterocycles. The fourth-order valence-electron chi connectivity index (χ4n) is 4.16. The van der Waals surface area contributed by atoms with E-state index in [-0.39, 0.29) is 23.3 Å². The van der Waals surface area contributed by atoms with E-state index in [1.54, 1.807) is 25.3 Å². The number of carbonyl (C=O) groups is 1. The molecule has 0 saturated carbocycles. The van der Waals surface area contributed by atoms with Gasteiger partial charge in [-0.3, -0.25) is 9.79 Å². The highest BCUT2D eigenvalue weighted by atomic mass is 19.1. The molecule has 190 valence electrons. The van der Waals surface area contributed by atoms with Crippen molar-refractivity contribution in [3.8, 4) is 11.8 Å². The molecule has 7 heteroatoms. The van der Waals surface area contributed by atoms with Gasteiger partial charge in [-0.1, -0.05) is 39.0 Å². The Morgan fingerprint density at radius 3 is 2.31 bits per heavy atom. The Morgan fingerprint density at radius 1 is 1.14 bits per heavy atom. The van der Waals surface area contributed by atoms with Crippen molar-refractivity contribution in [2.45, 2.75) is 46.6 Å². The first-order valence-electron chi connectivity index (χ1n) is 12.4. The summed E-state index contributed by atoms with van der Waals surface area (Å²) < 4.78 is 20.0. The van der Waals surface area contributed by atoms with E-state index >= 15 is 0 Å². The lowest BCUT2D eigenvalue weighted by molar-refractivity contribution is -0.111. The molecule has 0 amide bonds. The number of piperidine rings is 1. The zero-order valence-corrected chi connectivity index (χ0v) is 21.7. The predicted octanol–water partition coefficient (Wildman–Crippen LogP) is 5.20. The van der Waals surface area contributed by atoms with Gasteiger partial charge in [-0.15, -0.1) is 0 Å². The van der Waals surface area contributed by atoms with Gasteiger partial charge < -0.3 is 15.4 Å². The van der Waals surface area contributed by atoms with Crippen LogP contribution in [0.25, 0.3) is 11.3 Å². The highest BCUT2D eigenvalue weighted by Gasteiger charge is 2.24. The van der Waals surface area contributed by atoms with Crippen LogP contribution in [0.4, 0.5) is 4.39 Å². The van der Waals surface area contributed by atoms with E-state index in [0.717, 1.165) is 31.8 Å². The number of ketones is 1. The lowest BCUT2D eigenvalue weighted by Gasteiger charge is -2.27. The molecule has 1 saturated heterocycles. The minimum absolute atomic E-state index is 0.0499. The molecule has 3 rings (SSSR count). The normalized spacial score (nSPS) is 16.2. The van der Waals surface area contributed by atoms with Crippen molar-refractivity contribution in [1.82, 2.24) is 10.6 Å². The number of ether oxygens (including phenoxy) is 1. The number of hydrogen-bond donors (Lipinski definition) is 2. The largest absolute Gasteiger partial charge is 0.497 e. The number of methoxy groups -OCH3 is 1. The lowest BCUT2D eigenvalue weighted by Crippen LogP contribution is -2.36. The van der Waals surface area contributed by atoms with E-state index in [1.165, 1.54) is 19.1 Å². The topological polar surface area (TPSA) is 86.5 Å². The number of benzene rings is 2. The smallest absolute Gasteiger partial charge is 0.162 e. The Morgan fingerprint density at radius 2 is 1.78 bits per heavy atom. The highest BCUT2D eigenvalue weighted by molar-refractivity contribution is 6.27. The number of nitrogens with zero attached hydrogens (tertiary/aromatic N) is 2. The molecule has 0 spiro atoms. The maximum atomic E-state index is 14.8. The van der Waals surface area contributed by atoms with E-state index in [1.807, 2.05) is 18.2 Å². The van der Waals surface area contributed by atoms with Crippen molar-refractivity contribution < 1.29 is 13.9 Å². The van der Waals surface area contributed by atoms with Crippen LogP contribution in [0.2, 0.25) is 0 Å². The van der Waals surface area contributed by atoms with Gasteiger partial charge in [0.05, 0.1) is 24.4 Å². The molecule has 6 nitrogen and oxygen atoms in total. The molecule has 1 aliphatic heterocycles. The molecule has 1 unspecified atom stereocenters. The van der Waals surface area contributed by atoms with Gasteiger partial charge in [0.2, 0.25) is 0 Å². The minimum Gasteiger partial charge on any atom is -0.497 e. The molecule has 0 bridgehead atoms. The third kappa shape index (κ3) is 6.58. The summed E-state index contributed by atoms with van der Waals surface area (Å²) in [5, 5.41) is 16.1. The van der Waals surface area contributed by atoms with Gasteiger partial charge in [0.1, 0.15) is 23.5 Å². The number of amidine groups is 1. The SMILES string of the molecule is COc1ccc(/C(C(C)=O)=C(/NC(=NC2CCNCC2)C(C)C(C)C)c2ccc(C#N)c(F)c2)cc1. The lowest BCUT2D eigenvalue weighted by atomic mass is 9.93. The Kier molecular flexibility index (Phi) is 9.38. The Bertz CT molecular complexity index is 1170. The summed E-state index contributed by atoms with van der Waals surface area (Å²) in [6.07, 6.45) is 1.86. The maximum Gasteiger partial charge on any atom is 0.162 e. The second-order valence-corrected chi connectivity index (χ2v) is 9.49. The van der Waals surface area contributed by atoms with Crippen LogP contribution in [0.5, 0.6) is 5.75 Å². The second kappa shape index (κ2) is 12.5. The van der Waals surface area contributed by atoms with Crippen molar-refractivity contribution in [2.75, 3.05) is 20.2 Å². The third-order valence-corrected chi connectivity index (χ3v) is 6.67. The molecule has 0 radical (unpaired) electrons. The summed E-state index contributed by atoms with van der Waals surface area (Å²) in [4.78, 5) is 18.2. The number of rotatable bonds is 8. The van der Waals surface area contributed by atoms with Gasteiger partial charge in [0.25, 0.3) is 0 Å². The summed E-state index contributed by atoms with van der Waals surface area (Å²) in [5.41, 5.74) is 1.98. The molecule has 1 atom stereocenters. The van der Waals surface area contributed by atoms with Crippen molar-refractivity contribution in [1.29, 1.82) is 5.26 Å². The summed E-state index contributed by atoms with van der Waals surface area (Å²) in [6.45, 7) is 9.68. The van der Waals surface area contributed by atoms with Gasteiger partial charge in [-0.25, -0.2) is 4.39 Å². The quantitative estimate of drug-likeness (QED) is 0.230. The summed E-state index contributed by atoms with van der Waals surface area (Å²) in [6, 6.07) is 13.6. The maximum absolute atomic E-state index is 14.8. The molecule has 2 N–H and O–H groups in total. The van der Waals surface area contributed by atoms with E-state index in [4.69, 9.17) is 9.73 Å². The number of allylic oxidation sites excluding steroid dienone is 1. The predicted molar refractivity (Wildman–Crippen MR) is 142 cm³/mol. The number of nitriles is 1. The van der Waals surface area contributed by atoms with E-state index in [9.17, 15) is 14.4 Å². The molecule has 36 heavy (non-hydrogen) atoms. The molecule has 1 aliphatic rings. The van der Waals surface area contributed by atoms with E-state index < -0.39 is 5.82 Å². The molecule has 0 aromatic heterocycles. The van der Waals surface area contributed by atoms with Gasteiger partial charge in [0.15, 0.2) is 5.78 Å². The average Bonchev–Trinajstić information content (AvgIpc) is 2.88. The summed E-state index contributed by atoms with van der Waals surface area (Å²) >= 11 is 0. The van der Waals surface area contributed by atoms with Crippen molar-refractivity contribution in [3.05, 3.63) is 65.0 Å². The first kappa shape index (κ1) is 27.1. The first-order chi connectivity index (χ1) is 17.2. The Balaban J connectivity index is 2.22. The van der Waals surface area contributed by atoms with Crippen LogP contribution in [-0.4, -0.2) is 37.9 Å². The van der Waals surface area contributed by atoms with Gasteiger partial charge in [-0.05, 0) is 68.6 Å². The van der Waals surface area contributed by atoms with Crippen LogP contribution in [0.15, 0.2) is 47.5 Å². The van der Waals surface area contributed by atoms with Crippen LogP contribution in [-0.2, 0) is 4.79 Å². The standard InChI is InChI=1S/C29H35FN4O2/c1-18(2)19(3)29(33-24-12-14-32-15-13-24)34-28(22-6-7-23(17-31)26(30)16-22)27(20(4)35)21-8-10-25(36-5)11-9-21/h6-11,16,18-19,24,32H,12-15H2,1-5H3,(H,33,34)/b28-27+. The number of halogens is 1. The summed E-state index contributed by atoms with van der Waals surface area (Å²) in [7, 11) is 1.58. The number of nitrogens with one attached hydrogen (secondary N) is 2. The fraction of sp³-hybridized carbons (Fsp3) is 0.414. The van der Waals surface area contributed by atoms with Crippen molar-refractivity contribution in [3.63, 3.8) is 0 Å². The van der Waals surface area contributed by atoms with Gasteiger partial charge in [-0.2, -0.15) is 5.26 Å². The molecule has 0 aliphatic carbocycles. The van der Waals surface area contributed by atoms with Crippen LogP contribution < -0.4 is 15.4 Å². The van der Waals surface area contributed by atoms with Crippen LogP contribution in [0.3, 0.4) is 0 Å². The van der Waals surface area contributed by atoms with E-state index in [0.29, 0.717) is 34.1 Å². The Labute approximate surface area is 213 Å². The van der Waals surface area contributed by atoms with E-state index in [2.05, 4.69) is 31.4 Å². The highest BCUT2D eigenvalue weighted by Crippen LogP contribution is 2.29. The minimum atomic E-state index is -0.638. The second-order valence-electron chi connectivity index (χ2n) is 9.49. The Hall–Kier alpha value is -3.50. The number of aliphatic imine (C=N–C) groups is 1. The number of hydrogen-bond acceptors (Lipinski definition) is 5. The monoisotopic (exact) mass is 490 g/mol. The van der Waals surface area contributed by atoms with Gasteiger partial charge in [0, 0.05) is 17.1 Å². The molecule has 1 fully saturated rings. The van der Waals surface area contributed by atoms with Crippen molar-refractivity contribution in [2.24, 2.45) is 16.8 Å². The van der Waals surface area contributed by atoms with Crippen molar-refractivity contribution >= 4 is 22.9 Å². The molecule has 2 aromatic carbocycles. The first-order valence-corrected chi connectivity index (χ1v) is 12.4.